The summed E-state index contributed by atoms with van der Waals surface area (Å²) in [6.45, 7) is -0.511. The van der Waals surface area contributed by atoms with Crippen LogP contribution in [0.3, 0.4) is 0 Å². The van der Waals surface area contributed by atoms with Gasteiger partial charge in [0.2, 0.25) is 21.8 Å². The summed E-state index contributed by atoms with van der Waals surface area (Å²) in [5, 5.41) is 2.66. The van der Waals surface area contributed by atoms with Gasteiger partial charge in [-0.3, -0.25) is 9.59 Å². The molecule has 2 rings (SSSR count). The lowest BCUT2D eigenvalue weighted by Crippen LogP contribution is -2.33. The summed E-state index contributed by atoms with van der Waals surface area (Å²) in [6.07, 6.45) is 0. The Morgan fingerprint density at radius 2 is 1.68 bits per heavy atom. The minimum absolute atomic E-state index is 0.0145. The highest BCUT2D eigenvalue weighted by Gasteiger charge is 2.19. The zero-order valence-electron chi connectivity index (χ0n) is 12.6. The number of sulfonamides is 1. The minimum Gasteiger partial charge on any atom is -0.366 e. The molecule has 0 atom stereocenters. The first-order valence-corrected chi connectivity index (χ1v) is 9.07. The molecule has 0 heterocycles. The highest BCUT2D eigenvalue weighted by atomic mass is 35.5. The van der Waals surface area contributed by atoms with Gasteiger partial charge in [-0.1, -0.05) is 23.2 Å². The Hall–Kier alpha value is -2.13. The number of primary amides is 1. The van der Waals surface area contributed by atoms with Gasteiger partial charge in [0.25, 0.3) is 0 Å². The molecule has 0 aromatic heterocycles. The van der Waals surface area contributed by atoms with Gasteiger partial charge in [0.15, 0.2) is 0 Å². The molecule has 0 unspecified atom stereocenters. The van der Waals surface area contributed by atoms with Gasteiger partial charge in [-0.25, -0.2) is 13.1 Å². The number of halogens is 2. The first-order valence-electron chi connectivity index (χ1n) is 6.83. The van der Waals surface area contributed by atoms with Crippen LogP contribution in [0, 0.1) is 0 Å². The van der Waals surface area contributed by atoms with Gasteiger partial charge in [0.05, 0.1) is 11.6 Å². The van der Waals surface area contributed by atoms with Gasteiger partial charge in [0.1, 0.15) is 4.90 Å². The number of benzene rings is 2. The summed E-state index contributed by atoms with van der Waals surface area (Å²) in [6, 6.07) is 9.80. The molecule has 2 aromatic carbocycles. The fourth-order valence-electron chi connectivity index (χ4n) is 1.84. The van der Waals surface area contributed by atoms with Crippen molar-refractivity contribution < 1.29 is 18.0 Å². The van der Waals surface area contributed by atoms with E-state index in [0.717, 1.165) is 0 Å². The van der Waals surface area contributed by atoms with E-state index < -0.39 is 28.4 Å². The lowest BCUT2D eigenvalue weighted by Gasteiger charge is -2.09. The molecule has 10 heteroatoms. The quantitative estimate of drug-likeness (QED) is 0.685. The molecular weight excluding hydrogens is 389 g/mol. The fraction of sp³-hybridized carbons (Fsp3) is 0.0667. The maximum Gasteiger partial charge on any atom is 0.248 e. The van der Waals surface area contributed by atoms with Crippen molar-refractivity contribution in [1.29, 1.82) is 0 Å². The molecule has 7 nitrogen and oxygen atoms in total. The smallest absolute Gasteiger partial charge is 0.248 e. The summed E-state index contributed by atoms with van der Waals surface area (Å²) in [5.41, 5.74) is 5.79. The standard InChI is InChI=1S/C15H13Cl2N3O4S/c16-10-3-6-12(17)13(7-10)25(23,24)19-8-14(21)20-11-4-1-9(2-5-11)15(18)22/h1-7,19H,8H2,(H2,18,22)(H,20,21). The Kier molecular flexibility index (Phi) is 6.02. The second kappa shape index (κ2) is 7.83. The average molecular weight is 402 g/mol. The van der Waals surface area contributed by atoms with Crippen LogP contribution in [0.25, 0.3) is 0 Å². The normalized spacial score (nSPS) is 11.1. The molecule has 0 spiro atoms. The maximum absolute atomic E-state index is 12.2. The van der Waals surface area contributed by atoms with Gasteiger partial charge in [-0.2, -0.15) is 0 Å². The van der Waals surface area contributed by atoms with Crippen LogP contribution in [-0.4, -0.2) is 26.8 Å². The number of hydrogen-bond donors (Lipinski definition) is 3. The van der Waals surface area contributed by atoms with E-state index in [2.05, 4.69) is 10.0 Å². The first kappa shape index (κ1) is 19.2. The van der Waals surface area contributed by atoms with Crippen LogP contribution in [0.4, 0.5) is 5.69 Å². The highest BCUT2D eigenvalue weighted by Crippen LogP contribution is 2.24. The predicted octanol–water partition coefficient (Wildman–Crippen LogP) is 2.01. The van der Waals surface area contributed by atoms with E-state index in [1.54, 1.807) is 0 Å². The van der Waals surface area contributed by atoms with Crippen LogP contribution < -0.4 is 15.8 Å². The molecule has 0 saturated carbocycles. The van der Waals surface area contributed by atoms with Crippen LogP contribution in [0.2, 0.25) is 10.0 Å². The minimum atomic E-state index is -4.01. The van der Waals surface area contributed by atoms with Crippen LogP contribution in [0.5, 0.6) is 0 Å². The van der Waals surface area contributed by atoms with Gasteiger partial charge in [-0.05, 0) is 42.5 Å². The Morgan fingerprint density at radius 1 is 1.04 bits per heavy atom. The zero-order valence-corrected chi connectivity index (χ0v) is 15.0. The third-order valence-corrected chi connectivity index (χ3v) is 5.18. The van der Waals surface area contributed by atoms with Gasteiger partial charge in [0, 0.05) is 16.3 Å². The molecule has 2 amide bonds. The SMILES string of the molecule is NC(=O)c1ccc(NC(=O)CNS(=O)(=O)c2cc(Cl)ccc2Cl)cc1. The zero-order chi connectivity index (χ0) is 18.6. The topological polar surface area (TPSA) is 118 Å². The van der Waals surface area contributed by atoms with E-state index in [0.29, 0.717) is 5.69 Å². The molecule has 0 fully saturated rings. The molecule has 2 aromatic rings. The summed E-state index contributed by atoms with van der Waals surface area (Å²) >= 11 is 11.6. The second-order valence-electron chi connectivity index (χ2n) is 4.89. The van der Waals surface area contributed by atoms with Crippen LogP contribution >= 0.6 is 23.2 Å². The lowest BCUT2D eigenvalue weighted by atomic mass is 10.2. The number of carbonyl (C=O) groups excluding carboxylic acids is 2. The Bertz CT molecular complexity index is 915. The van der Waals surface area contributed by atoms with Crippen LogP contribution in [0.1, 0.15) is 10.4 Å². The average Bonchev–Trinajstić information content (AvgIpc) is 2.56. The summed E-state index contributed by atoms with van der Waals surface area (Å²) < 4.78 is 26.5. The molecule has 25 heavy (non-hydrogen) atoms. The predicted molar refractivity (Wildman–Crippen MR) is 95.2 cm³/mol. The van der Waals surface area contributed by atoms with Crippen molar-refractivity contribution in [2.75, 3.05) is 11.9 Å². The van der Waals surface area contributed by atoms with Crippen molar-refractivity contribution in [2.24, 2.45) is 5.73 Å². The lowest BCUT2D eigenvalue weighted by molar-refractivity contribution is -0.115. The first-order chi connectivity index (χ1) is 11.7. The number of nitrogens with two attached hydrogens (primary N) is 1. The van der Waals surface area contributed by atoms with Crippen molar-refractivity contribution in [1.82, 2.24) is 4.72 Å². The van der Waals surface area contributed by atoms with Crippen molar-refractivity contribution >= 4 is 50.7 Å². The van der Waals surface area contributed by atoms with Gasteiger partial charge < -0.3 is 11.1 Å². The number of amides is 2. The molecule has 0 aliphatic heterocycles. The largest absolute Gasteiger partial charge is 0.366 e. The van der Waals surface area contributed by atoms with Crippen molar-refractivity contribution in [3.63, 3.8) is 0 Å². The van der Waals surface area contributed by atoms with E-state index in [9.17, 15) is 18.0 Å². The van der Waals surface area contributed by atoms with E-state index in [1.807, 2.05) is 0 Å². The molecule has 132 valence electrons. The van der Waals surface area contributed by atoms with Crippen molar-refractivity contribution in [2.45, 2.75) is 4.90 Å². The van der Waals surface area contributed by atoms with E-state index in [1.165, 1.54) is 42.5 Å². The molecule has 0 saturated heterocycles. The van der Waals surface area contributed by atoms with Crippen LogP contribution in [0.15, 0.2) is 47.4 Å². The number of hydrogen-bond acceptors (Lipinski definition) is 4. The number of nitrogens with one attached hydrogen (secondary N) is 2. The van der Waals surface area contributed by atoms with Crippen molar-refractivity contribution in [3.05, 3.63) is 58.1 Å². The second-order valence-corrected chi connectivity index (χ2v) is 7.47. The number of rotatable bonds is 6. The Morgan fingerprint density at radius 3 is 2.28 bits per heavy atom. The summed E-state index contributed by atoms with van der Waals surface area (Å²) in [4.78, 5) is 22.6. The van der Waals surface area contributed by atoms with E-state index >= 15 is 0 Å². The highest BCUT2D eigenvalue weighted by molar-refractivity contribution is 7.89. The molecule has 0 aliphatic carbocycles. The van der Waals surface area contributed by atoms with Gasteiger partial charge in [-0.15, -0.1) is 0 Å². The molecule has 0 aliphatic rings. The van der Waals surface area contributed by atoms with Crippen LogP contribution in [-0.2, 0) is 14.8 Å². The monoisotopic (exact) mass is 401 g/mol. The molecular formula is C15H13Cl2N3O4S. The van der Waals surface area contributed by atoms with E-state index in [-0.39, 0.29) is 20.5 Å². The third kappa shape index (κ3) is 5.17. The summed E-state index contributed by atoms with van der Waals surface area (Å²) in [7, 11) is -4.01. The van der Waals surface area contributed by atoms with Gasteiger partial charge >= 0.3 is 0 Å². The third-order valence-electron chi connectivity index (χ3n) is 3.06. The Balaban J connectivity index is 2.01. The van der Waals surface area contributed by atoms with Crippen molar-refractivity contribution in [3.8, 4) is 0 Å². The van der Waals surface area contributed by atoms with E-state index in [4.69, 9.17) is 28.9 Å². The number of anilines is 1. The summed E-state index contributed by atoms with van der Waals surface area (Å²) in [5.74, 6) is -1.20. The fourth-order valence-corrected chi connectivity index (χ4v) is 3.59. The molecule has 0 bridgehead atoms. The number of carbonyl (C=O) groups is 2. The maximum atomic E-state index is 12.2. The molecule has 0 radical (unpaired) electrons. The molecule has 4 N–H and O–H groups in total. The Labute approximate surface area is 154 Å².